The van der Waals surface area contributed by atoms with Crippen LogP contribution in [0.4, 0.5) is 0 Å². The lowest BCUT2D eigenvalue weighted by atomic mass is 10.1. The van der Waals surface area contributed by atoms with Gasteiger partial charge in [-0.1, -0.05) is 0 Å². The molecule has 1 saturated heterocycles. The molecule has 0 atom stereocenters. The third-order valence-corrected chi connectivity index (χ3v) is 0.882. The van der Waals surface area contributed by atoms with Gasteiger partial charge in [0.2, 0.25) is 0 Å². The summed E-state index contributed by atoms with van der Waals surface area (Å²) in [6, 6.07) is 0. The maximum Gasteiger partial charge on any atom is 0.127 e. The Kier molecular flexibility index (Phi) is 1.16. The second kappa shape index (κ2) is 1.55. The number of nitrogens with zero attached hydrogens (tertiary/aromatic N) is 1. The van der Waals surface area contributed by atoms with Crippen LogP contribution >= 0.6 is 0 Å². The number of rotatable bonds is 0. The summed E-state index contributed by atoms with van der Waals surface area (Å²) in [6.07, 6.45) is 3.12. The molecule has 0 radical (unpaired) electrons. The van der Waals surface area contributed by atoms with Crippen LogP contribution in [0.15, 0.2) is 0 Å². The molecule has 1 aliphatic rings. The van der Waals surface area contributed by atoms with Gasteiger partial charge in [0, 0.05) is 0 Å². The van der Waals surface area contributed by atoms with Crippen molar-refractivity contribution < 1.29 is 4.31 Å². The van der Waals surface area contributed by atoms with Gasteiger partial charge in [-0.25, -0.2) is 0 Å². The van der Waals surface area contributed by atoms with Crippen molar-refractivity contribution in [2.75, 3.05) is 13.1 Å². The molecular formula is C4H14B2N-. The minimum Gasteiger partial charge on any atom is -0.736 e. The molecule has 0 aromatic carbocycles. The standard InChI is InChI=1S/C4H14B2N/c5-7(6)3-1-2-4-7/h1-4H2,5-6H3/q-1. The van der Waals surface area contributed by atoms with Crippen molar-refractivity contribution in [3.05, 3.63) is 0 Å². The largest absolute Gasteiger partial charge is 0.736 e. The Labute approximate surface area is 47.1 Å². The first-order chi connectivity index (χ1) is 3.21. The Balaban J connectivity index is 2.40. The van der Waals surface area contributed by atoms with E-state index in [0.29, 0.717) is 16.0 Å². The van der Waals surface area contributed by atoms with Crippen molar-refractivity contribution in [3.8, 4) is 0 Å². The van der Waals surface area contributed by atoms with Crippen LogP contribution < -0.4 is 0 Å². The molecule has 0 saturated carbocycles. The van der Waals surface area contributed by atoms with E-state index in [4.69, 9.17) is 0 Å². The summed E-state index contributed by atoms with van der Waals surface area (Å²) in [6.45, 7) is 3.22. The van der Waals surface area contributed by atoms with Gasteiger partial charge in [-0.15, -0.1) is 0 Å². The average molecular weight is 97.8 g/mol. The fraction of sp³-hybridized carbons (Fsp3) is 1.00. The fourth-order valence-corrected chi connectivity index (χ4v) is 0.559. The molecule has 7 heavy (non-hydrogen) atoms. The van der Waals surface area contributed by atoms with Gasteiger partial charge in [0.1, 0.15) is 16.0 Å². The molecule has 1 heterocycles. The lowest BCUT2D eigenvalue weighted by Gasteiger charge is -2.44. The third kappa shape index (κ3) is 1.23. The van der Waals surface area contributed by atoms with E-state index < -0.39 is 0 Å². The van der Waals surface area contributed by atoms with Crippen LogP contribution in [0.5, 0.6) is 0 Å². The van der Waals surface area contributed by atoms with Crippen LogP contribution in [0.3, 0.4) is 0 Å². The van der Waals surface area contributed by atoms with E-state index in [9.17, 15) is 0 Å². The zero-order valence-electron chi connectivity index (χ0n) is 3.28. The molecule has 42 valence electrons. The van der Waals surface area contributed by atoms with Gasteiger partial charge in [-0.3, -0.25) is 0 Å². The van der Waals surface area contributed by atoms with Crippen molar-refractivity contribution in [1.29, 1.82) is 0 Å². The number of hydrogen-bond acceptors (Lipinski definition) is 0. The van der Waals surface area contributed by atoms with Crippen molar-refractivity contribution >= 4 is 16.0 Å². The summed E-state index contributed by atoms with van der Waals surface area (Å²) in [5, 5.41) is 0. The highest BCUT2D eigenvalue weighted by atomic mass is 15.2. The van der Waals surface area contributed by atoms with Gasteiger partial charge < -0.3 is 4.31 Å². The Morgan fingerprint density at radius 1 is 1.00 bits per heavy atom. The molecule has 1 fully saturated rings. The molecule has 1 aliphatic heterocycles. The van der Waals surface area contributed by atoms with Crippen LogP contribution in [0.2, 0.25) is 0 Å². The van der Waals surface area contributed by atoms with E-state index in [2.05, 4.69) is 0 Å². The van der Waals surface area contributed by atoms with Gasteiger partial charge in [0.05, 0.1) is 0 Å². The smallest absolute Gasteiger partial charge is 0.127 e. The Hall–Kier alpha value is 0.0899. The zero-order valence-corrected chi connectivity index (χ0v) is 3.28. The SMILES string of the molecule is [BH3-][N+]1([BH3-])CCCC1. The normalized spacial score (nSPS) is 28.3. The first kappa shape index (κ1) is 5.23. The van der Waals surface area contributed by atoms with Crippen molar-refractivity contribution in [3.63, 3.8) is 0 Å². The number of quaternary nitrogens is 1. The summed E-state index contributed by atoms with van der Waals surface area (Å²) >= 11 is 0. The second-order valence-electron chi connectivity index (χ2n) is 1.38. The molecule has 0 aromatic heterocycles. The van der Waals surface area contributed by atoms with E-state index in [1.807, 2.05) is 0 Å². The minimum atomic E-state index is 0.701. The van der Waals surface area contributed by atoms with Gasteiger partial charge in [-0.2, -0.15) is 0 Å². The first-order valence-corrected chi connectivity index (χ1v) is 2.13. The Morgan fingerprint density at radius 3 is 1.57 bits per heavy atom. The highest BCUT2D eigenvalue weighted by Gasteiger charge is 2.07. The average Bonchev–Trinajstić information content (AvgIpc) is 1.84. The summed E-state index contributed by atoms with van der Waals surface area (Å²) in [5.74, 6) is 0. The van der Waals surface area contributed by atoms with Crippen molar-refractivity contribution in [2.24, 2.45) is 0 Å². The van der Waals surface area contributed by atoms with Crippen LogP contribution in [0.25, 0.3) is 0 Å². The summed E-state index contributed by atoms with van der Waals surface area (Å²) in [7, 11) is 1.40. The molecular weight excluding hydrogens is 83.7 g/mol. The van der Waals surface area contributed by atoms with Crippen molar-refractivity contribution in [2.45, 2.75) is 12.8 Å². The minimum absolute atomic E-state index is 0.701. The van der Waals surface area contributed by atoms with Gasteiger partial charge in [0.25, 0.3) is 0 Å². The van der Waals surface area contributed by atoms with Crippen LogP contribution in [0, 0.1) is 0 Å². The first-order valence-electron chi connectivity index (χ1n) is 2.13. The quantitative estimate of drug-likeness (QED) is 0.312. The van der Waals surface area contributed by atoms with Gasteiger partial charge in [-0.05, 0) is 25.9 Å². The Bertz CT molecular complexity index is 64.1. The van der Waals surface area contributed by atoms with Crippen LogP contribution in [-0.4, -0.2) is 33.4 Å². The van der Waals surface area contributed by atoms with Crippen LogP contribution in [-0.2, 0) is 0 Å². The fourth-order valence-electron chi connectivity index (χ4n) is 0.559. The van der Waals surface area contributed by atoms with E-state index >= 15 is 0 Å². The summed E-state index contributed by atoms with van der Waals surface area (Å²) in [5.41, 5.74) is 0. The molecule has 1 rings (SSSR count). The second-order valence-corrected chi connectivity index (χ2v) is 1.38. The monoisotopic (exact) mass is 98.1 g/mol. The molecule has 1 nitrogen and oxygen atoms in total. The molecule has 0 aromatic rings. The topological polar surface area (TPSA) is 0 Å². The molecule has 0 bridgehead atoms. The van der Waals surface area contributed by atoms with E-state index in [1.165, 1.54) is 0 Å². The predicted molar refractivity (Wildman–Crippen MR) is 39.1 cm³/mol. The molecule has 0 spiro atoms. The molecule has 0 unspecified atom stereocenters. The molecule has 0 N–H and O–H groups in total. The predicted octanol–water partition coefficient (Wildman–Crippen LogP) is -1.84. The highest BCUT2D eigenvalue weighted by Crippen LogP contribution is 2.09. The molecule has 0 aliphatic carbocycles. The summed E-state index contributed by atoms with van der Waals surface area (Å²) < 4.78 is 1.75. The van der Waals surface area contributed by atoms with Gasteiger partial charge >= 0.3 is 0 Å². The molecule has 3 heteroatoms. The lowest BCUT2D eigenvalue weighted by molar-refractivity contribution is -0.677. The zero-order chi connectivity index (χ0) is 5.33. The maximum absolute atomic E-state index is 1.75. The molecule has 0 amide bonds. The Morgan fingerprint density at radius 2 is 1.43 bits per heavy atom. The maximum atomic E-state index is 1.75. The highest BCUT2D eigenvalue weighted by molar-refractivity contribution is 6.14. The third-order valence-electron chi connectivity index (χ3n) is 0.882. The van der Waals surface area contributed by atoms with E-state index in [-0.39, 0.29) is 0 Å². The van der Waals surface area contributed by atoms with Gasteiger partial charge in [0.15, 0.2) is 0 Å². The number of hydrogen-bond donors (Lipinski definition) is 0. The lowest BCUT2D eigenvalue weighted by Crippen LogP contribution is -2.39. The van der Waals surface area contributed by atoms with E-state index in [1.54, 1.807) is 30.2 Å². The summed E-state index contributed by atoms with van der Waals surface area (Å²) in [4.78, 5) is 0. The van der Waals surface area contributed by atoms with E-state index in [0.717, 1.165) is 0 Å². The van der Waals surface area contributed by atoms with Crippen LogP contribution in [0.1, 0.15) is 12.8 Å². The van der Waals surface area contributed by atoms with Crippen molar-refractivity contribution in [1.82, 2.24) is 0 Å².